The molecule has 0 atom stereocenters. The molecular weight excluding hydrogens is 298 g/mol. The van der Waals surface area contributed by atoms with Gasteiger partial charge in [-0.1, -0.05) is 12.1 Å². The first-order chi connectivity index (χ1) is 11.1. The number of ether oxygens (including phenoxy) is 2. The fraction of sp³-hybridized carbons (Fsp3) is 0.176. The van der Waals surface area contributed by atoms with Crippen LogP contribution in [0.5, 0.6) is 5.75 Å². The summed E-state index contributed by atoms with van der Waals surface area (Å²) in [6.45, 7) is 1.84. The number of hydrogen-bond donors (Lipinski definition) is 2. The van der Waals surface area contributed by atoms with Crippen molar-refractivity contribution >= 4 is 23.3 Å². The maximum Gasteiger partial charge on any atom is 0.339 e. The molecule has 0 saturated heterocycles. The lowest BCUT2D eigenvalue weighted by molar-refractivity contribution is 0.0515. The largest absolute Gasteiger partial charge is 0.497 e. The summed E-state index contributed by atoms with van der Waals surface area (Å²) in [6, 6.07) is 11.7. The molecule has 2 aromatic carbocycles. The van der Waals surface area contributed by atoms with E-state index in [9.17, 15) is 14.7 Å². The van der Waals surface area contributed by atoms with E-state index >= 15 is 0 Å². The van der Waals surface area contributed by atoms with E-state index in [1.807, 2.05) is 0 Å². The molecule has 0 heterocycles. The Kier molecular flexibility index (Phi) is 5.19. The van der Waals surface area contributed by atoms with Gasteiger partial charge in [-0.3, -0.25) is 0 Å². The molecule has 0 saturated carbocycles. The molecule has 0 amide bonds. The van der Waals surface area contributed by atoms with Gasteiger partial charge in [0.1, 0.15) is 5.75 Å². The average molecular weight is 315 g/mol. The van der Waals surface area contributed by atoms with Crippen LogP contribution in [-0.2, 0) is 4.74 Å². The predicted octanol–water partition coefficient (Wildman–Crippen LogP) is 3.31. The first kappa shape index (κ1) is 16.4. The molecule has 0 fully saturated rings. The molecule has 0 aliphatic heterocycles. The van der Waals surface area contributed by atoms with E-state index < -0.39 is 11.9 Å². The molecule has 6 nitrogen and oxygen atoms in total. The summed E-state index contributed by atoms with van der Waals surface area (Å²) >= 11 is 0. The van der Waals surface area contributed by atoms with Crippen molar-refractivity contribution in [3.05, 3.63) is 53.6 Å². The van der Waals surface area contributed by atoms with E-state index in [0.717, 1.165) is 0 Å². The van der Waals surface area contributed by atoms with Gasteiger partial charge in [0, 0.05) is 11.8 Å². The smallest absolute Gasteiger partial charge is 0.339 e. The maximum atomic E-state index is 11.9. The van der Waals surface area contributed by atoms with Gasteiger partial charge in [0.2, 0.25) is 0 Å². The second-order valence-electron chi connectivity index (χ2n) is 4.61. The molecule has 0 spiro atoms. The van der Waals surface area contributed by atoms with Crippen molar-refractivity contribution in [2.45, 2.75) is 6.92 Å². The number of carbonyl (C=O) groups excluding carboxylic acids is 1. The molecule has 2 rings (SSSR count). The van der Waals surface area contributed by atoms with E-state index in [-0.39, 0.29) is 17.7 Å². The van der Waals surface area contributed by atoms with Crippen molar-refractivity contribution in [1.29, 1.82) is 0 Å². The molecular formula is C17H17NO5. The highest BCUT2D eigenvalue weighted by atomic mass is 16.5. The van der Waals surface area contributed by atoms with E-state index in [4.69, 9.17) is 9.47 Å². The minimum Gasteiger partial charge on any atom is -0.497 e. The standard InChI is InChI=1S/C17H17NO5/c1-3-23-17(21)13-8-5-9-14(15(13)16(19)20)18-11-6-4-7-12(10-11)22-2/h4-10,18H,3H2,1-2H3,(H,19,20). The minimum absolute atomic E-state index is 0.00671. The van der Waals surface area contributed by atoms with E-state index in [1.165, 1.54) is 6.07 Å². The molecule has 0 aromatic heterocycles. The molecule has 120 valence electrons. The number of aromatic carboxylic acids is 1. The Balaban J connectivity index is 2.43. The summed E-state index contributed by atoms with van der Waals surface area (Å²) in [5.41, 5.74) is 0.824. The highest BCUT2D eigenvalue weighted by molar-refractivity contribution is 6.06. The van der Waals surface area contributed by atoms with Crippen molar-refractivity contribution in [2.24, 2.45) is 0 Å². The summed E-state index contributed by atoms with van der Waals surface area (Å²) in [6.07, 6.45) is 0. The topological polar surface area (TPSA) is 84.9 Å². The number of nitrogens with one attached hydrogen (secondary N) is 1. The van der Waals surface area contributed by atoms with Gasteiger partial charge in [-0.15, -0.1) is 0 Å². The van der Waals surface area contributed by atoms with E-state index in [2.05, 4.69) is 5.32 Å². The zero-order valence-corrected chi connectivity index (χ0v) is 12.8. The average Bonchev–Trinajstić information content (AvgIpc) is 2.54. The van der Waals surface area contributed by atoms with Crippen LogP contribution in [0.15, 0.2) is 42.5 Å². The van der Waals surface area contributed by atoms with Gasteiger partial charge < -0.3 is 19.9 Å². The number of rotatable bonds is 6. The summed E-state index contributed by atoms with van der Waals surface area (Å²) in [4.78, 5) is 23.5. The first-order valence-corrected chi connectivity index (χ1v) is 7.01. The van der Waals surface area contributed by atoms with Crippen molar-refractivity contribution in [2.75, 3.05) is 19.0 Å². The summed E-state index contributed by atoms with van der Waals surface area (Å²) in [7, 11) is 1.54. The Morgan fingerprint density at radius 3 is 2.57 bits per heavy atom. The number of esters is 1. The van der Waals surface area contributed by atoms with Crippen LogP contribution in [0, 0.1) is 0 Å². The van der Waals surface area contributed by atoms with E-state index in [1.54, 1.807) is 50.4 Å². The molecule has 0 unspecified atom stereocenters. The normalized spacial score (nSPS) is 10.0. The van der Waals surface area contributed by atoms with Crippen molar-refractivity contribution in [3.8, 4) is 5.75 Å². The number of hydrogen-bond acceptors (Lipinski definition) is 5. The first-order valence-electron chi connectivity index (χ1n) is 7.01. The predicted molar refractivity (Wildman–Crippen MR) is 85.6 cm³/mol. The van der Waals surface area contributed by atoms with E-state index in [0.29, 0.717) is 17.1 Å². The second-order valence-corrected chi connectivity index (χ2v) is 4.61. The molecule has 6 heteroatoms. The fourth-order valence-corrected chi connectivity index (χ4v) is 2.12. The van der Waals surface area contributed by atoms with Gasteiger partial charge in [0.05, 0.1) is 30.5 Å². The van der Waals surface area contributed by atoms with Crippen molar-refractivity contribution in [3.63, 3.8) is 0 Å². The molecule has 0 aliphatic carbocycles. The lowest BCUT2D eigenvalue weighted by Crippen LogP contribution is -2.13. The Morgan fingerprint density at radius 2 is 1.91 bits per heavy atom. The fourth-order valence-electron chi connectivity index (χ4n) is 2.12. The van der Waals surface area contributed by atoms with Crippen LogP contribution in [0.3, 0.4) is 0 Å². The summed E-state index contributed by atoms with van der Waals surface area (Å²) in [5, 5.41) is 12.5. The zero-order valence-electron chi connectivity index (χ0n) is 12.8. The molecule has 0 aliphatic rings. The molecule has 0 radical (unpaired) electrons. The number of carbonyl (C=O) groups is 2. The number of carboxylic acid groups (broad SMARTS) is 1. The van der Waals surface area contributed by atoms with Crippen LogP contribution < -0.4 is 10.1 Å². The van der Waals surface area contributed by atoms with Crippen molar-refractivity contribution < 1.29 is 24.2 Å². The lowest BCUT2D eigenvalue weighted by atomic mass is 10.0. The third-order valence-corrected chi connectivity index (χ3v) is 3.12. The lowest BCUT2D eigenvalue weighted by Gasteiger charge is -2.13. The van der Waals surface area contributed by atoms with Crippen LogP contribution in [0.25, 0.3) is 0 Å². The maximum absolute atomic E-state index is 11.9. The zero-order chi connectivity index (χ0) is 16.8. The highest BCUT2D eigenvalue weighted by Crippen LogP contribution is 2.26. The van der Waals surface area contributed by atoms with Gasteiger partial charge in [-0.2, -0.15) is 0 Å². The Morgan fingerprint density at radius 1 is 1.17 bits per heavy atom. The Labute approximate surface area is 133 Å². The van der Waals surface area contributed by atoms with Gasteiger partial charge in [-0.05, 0) is 31.2 Å². The summed E-state index contributed by atoms with van der Waals surface area (Å²) in [5.74, 6) is -1.24. The minimum atomic E-state index is -1.21. The van der Waals surface area contributed by atoms with Gasteiger partial charge >= 0.3 is 11.9 Å². The summed E-state index contributed by atoms with van der Waals surface area (Å²) < 4.78 is 10.0. The molecule has 23 heavy (non-hydrogen) atoms. The van der Waals surface area contributed by atoms with Crippen LogP contribution in [0.4, 0.5) is 11.4 Å². The molecule has 2 aromatic rings. The number of methoxy groups -OCH3 is 1. The Hall–Kier alpha value is -3.02. The molecule has 0 bridgehead atoms. The van der Waals surface area contributed by atoms with Crippen LogP contribution in [0.1, 0.15) is 27.6 Å². The number of benzene rings is 2. The monoisotopic (exact) mass is 315 g/mol. The number of anilines is 2. The molecule has 2 N–H and O–H groups in total. The van der Waals surface area contributed by atoms with Gasteiger partial charge in [0.15, 0.2) is 0 Å². The number of carboxylic acids is 1. The third kappa shape index (κ3) is 3.79. The van der Waals surface area contributed by atoms with Gasteiger partial charge in [-0.25, -0.2) is 9.59 Å². The highest BCUT2D eigenvalue weighted by Gasteiger charge is 2.21. The van der Waals surface area contributed by atoms with Crippen LogP contribution in [-0.4, -0.2) is 30.8 Å². The SMILES string of the molecule is CCOC(=O)c1cccc(Nc2cccc(OC)c2)c1C(=O)O. The van der Waals surface area contributed by atoms with Gasteiger partial charge in [0.25, 0.3) is 0 Å². The second kappa shape index (κ2) is 7.31. The Bertz CT molecular complexity index is 727. The quantitative estimate of drug-likeness (QED) is 0.796. The third-order valence-electron chi connectivity index (χ3n) is 3.12. The van der Waals surface area contributed by atoms with Crippen LogP contribution >= 0.6 is 0 Å². The van der Waals surface area contributed by atoms with Crippen molar-refractivity contribution in [1.82, 2.24) is 0 Å². The van der Waals surface area contributed by atoms with Crippen LogP contribution in [0.2, 0.25) is 0 Å².